The molecule has 1 heterocycles. The Labute approximate surface area is 125 Å². The van der Waals surface area contributed by atoms with E-state index in [2.05, 4.69) is 5.32 Å². The summed E-state index contributed by atoms with van der Waals surface area (Å²) in [6, 6.07) is 4.87. The molecule has 1 aliphatic heterocycles. The molecule has 1 saturated heterocycles. The van der Waals surface area contributed by atoms with Crippen molar-refractivity contribution in [2.75, 3.05) is 6.54 Å². The van der Waals surface area contributed by atoms with Crippen molar-refractivity contribution in [1.29, 1.82) is 0 Å². The summed E-state index contributed by atoms with van der Waals surface area (Å²) >= 11 is 0. The fraction of sp³-hybridized carbons (Fsp3) is 0.600. The molecule has 4 nitrogen and oxygen atoms in total. The molecule has 116 valence electrons. The summed E-state index contributed by atoms with van der Waals surface area (Å²) in [5, 5.41) is 3.32. The Morgan fingerprint density at radius 2 is 2.10 bits per heavy atom. The highest BCUT2D eigenvalue weighted by atomic mass is 32.2. The van der Waals surface area contributed by atoms with Crippen molar-refractivity contribution in [3.05, 3.63) is 29.6 Å². The lowest BCUT2D eigenvalue weighted by molar-refractivity contribution is 0.404. The van der Waals surface area contributed by atoms with Crippen LogP contribution in [0, 0.1) is 5.82 Å². The van der Waals surface area contributed by atoms with Crippen LogP contribution in [0.4, 0.5) is 4.39 Å². The first-order valence-corrected chi connectivity index (χ1v) is 8.96. The van der Waals surface area contributed by atoms with Gasteiger partial charge in [0.2, 0.25) is 10.0 Å². The lowest BCUT2D eigenvalue weighted by Gasteiger charge is -2.21. The van der Waals surface area contributed by atoms with Gasteiger partial charge in [0, 0.05) is 25.2 Å². The molecule has 1 saturated carbocycles. The third kappa shape index (κ3) is 3.12. The highest BCUT2D eigenvalue weighted by Gasteiger charge is 2.34. The van der Waals surface area contributed by atoms with Crippen molar-refractivity contribution in [3.8, 4) is 0 Å². The molecule has 3 rings (SSSR count). The van der Waals surface area contributed by atoms with Crippen LogP contribution < -0.4 is 5.32 Å². The number of benzene rings is 1. The number of rotatable bonds is 5. The van der Waals surface area contributed by atoms with Crippen molar-refractivity contribution in [2.45, 2.75) is 56.1 Å². The quantitative estimate of drug-likeness (QED) is 0.907. The summed E-state index contributed by atoms with van der Waals surface area (Å²) in [7, 11) is -3.73. The molecule has 0 bridgehead atoms. The number of hydrogen-bond donors (Lipinski definition) is 1. The minimum Gasteiger partial charge on any atom is -0.310 e. The monoisotopic (exact) mass is 312 g/mol. The van der Waals surface area contributed by atoms with Crippen molar-refractivity contribution >= 4 is 10.0 Å². The molecule has 2 aliphatic rings. The Kier molecular flexibility index (Phi) is 4.03. The molecular formula is C15H21FN2O2S. The lowest BCUT2D eigenvalue weighted by atomic mass is 10.2. The van der Waals surface area contributed by atoms with Gasteiger partial charge in [-0.2, -0.15) is 4.31 Å². The fourth-order valence-corrected chi connectivity index (χ4v) is 4.61. The Morgan fingerprint density at radius 1 is 1.33 bits per heavy atom. The molecule has 0 aromatic heterocycles. The highest BCUT2D eigenvalue weighted by molar-refractivity contribution is 7.89. The van der Waals surface area contributed by atoms with Gasteiger partial charge in [-0.3, -0.25) is 0 Å². The molecule has 1 aromatic carbocycles. The van der Waals surface area contributed by atoms with Crippen LogP contribution >= 0.6 is 0 Å². The van der Waals surface area contributed by atoms with Gasteiger partial charge in [0.1, 0.15) is 10.7 Å². The Bertz CT molecular complexity index is 629. The number of hydrogen-bond acceptors (Lipinski definition) is 3. The minimum atomic E-state index is -3.73. The minimum absolute atomic E-state index is 0.0531. The standard InChI is InChI=1S/C15H21FN2O2S/c1-11-3-2-8-18(11)21(19,20)15-9-12(4-7-14(15)16)10-17-13-5-6-13/h4,7,9,11,13,17H,2-3,5-6,8,10H2,1H3. The molecule has 1 atom stereocenters. The van der Waals surface area contributed by atoms with Gasteiger partial charge in [-0.25, -0.2) is 12.8 Å². The molecule has 21 heavy (non-hydrogen) atoms. The molecule has 1 unspecified atom stereocenters. The molecule has 2 fully saturated rings. The summed E-state index contributed by atoms with van der Waals surface area (Å²) in [6.45, 7) is 2.94. The second-order valence-electron chi connectivity index (χ2n) is 6.03. The Hall–Kier alpha value is -0.980. The third-order valence-corrected chi connectivity index (χ3v) is 6.28. The molecule has 0 amide bonds. The van der Waals surface area contributed by atoms with E-state index in [0.29, 0.717) is 19.1 Å². The summed E-state index contributed by atoms with van der Waals surface area (Å²) in [6.07, 6.45) is 4.00. The normalized spacial score (nSPS) is 23.6. The second kappa shape index (κ2) is 5.66. The first kappa shape index (κ1) is 14.9. The average molecular weight is 312 g/mol. The van der Waals surface area contributed by atoms with Crippen molar-refractivity contribution < 1.29 is 12.8 Å². The number of nitrogens with one attached hydrogen (secondary N) is 1. The second-order valence-corrected chi connectivity index (χ2v) is 7.89. The van der Waals surface area contributed by atoms with Gasteiger partial charge in [-0.15, -0.1) is 0 Å². The molecule has 1 aromatic rings. The largest absolute Gasteiger partial charge is 0.310 e. The van der Waals surface area contributed by atoms with E-state index in [9.17, 15) is 12.8 Å². The van der Waals surface area contributed by atoms with Crippen LogP contribution in [0.2, 0.25) is 0 Å². The summed E-state index contributed by atoms with van der Waals surface area (Å²) in [5.74, 6) is -0.663. The van der Waals surface area contributed by atoms with Crippen molar-refractivity contribution in [1.82, 2.24) is 9.62 Å². The van der Waals surface area contributed by atoms with E-state index in [1.54, 1.807) is 6.07 Å². The van der Waals surface area contributed by atoms with Crippen LogP contribution in [0.1, 0.15) is 38.2 Å². The zero-order valence-electron chi connectivity index (χ0n) is 12.2. The first-order valence-electron chi connectivity index (χ1n) is 7.52. The maximum Gasteiger partial charge on any atom is 0.246 e. The van der Waals surface area contributed by atoms with E-state index in [1.165, 1.54) is 16.4 Å². The zero-order chi connectivity index (χ0) is 15.0. The molecule has 1 aliphatic carbocycles. The highest BCUT2D eigenvalue weighted by Crippen LogP contribution is 2.28. The number of nitrogens with zero attached hydrogens (tertiary/aromatic N) is 1. The molecular weight excluding hydrogens is 291 g/mol. The van der Waals surface area contributed by atoms with E-state index in [4.69, 9.17) is 0 Å². The third-order valence-electron chi connectivity index (χ3n) is 4.25. The van der Waals surface area contributed by atoms with Gasteiger partial charge in [0.25, 0.3) is 0 Å². The summed E-state index contributed by atoms with van der Waals surface area (Å²) in [4.78, 5) is -0.189. The van der Waals surface area contributed by atoms with Crippen LogP contribution in [0.25, 0.3) is 0 Å². The van der Waals surface area contributed by atoms with Gasteiger partial charge in [0.15, 0.2) is 0 Å². The van der Waals surface area contributed by atoms with Crippen molar-refractivity contribution in [2.24, 2.45) is 0 Å². The van der Waals surface area contributed by atoms with Gasteiger partial charge in [-0.1, -0.05) is 6.07 Å². The number of sulfonamides is 1. The zero-order valence-corrected chi connectivity index (χ0v) is 13.0. The summed E-state index contributed by atoms with van der Waals surface area (Å²) in [5.41, 5.74) is 0.814. The van der Waals surface area contributed by atoms with E-state index in [-0.39, 0.29) is 10.9 Å². The van der Waals surface area contributed by atoms with Gasteiger partial charge in [-0.05, 0) is 50.3 Å². The van der Waals surface area contributed by atoms with E-state index in [1.807, 2.05) is 6.92 Å². The Morgan fingerprint density at radius 3 is 2.71 bits per heavy atom. The molecule has 1 N–H and O–H groups in total. The maximum atomic E-state index is 14.0. The lowest BCUT2D eigenvalue weighted by Crippen LogP contribution is -2.34. The maximum absolute atomic E-state index is 14.0. The topological polar surface area (TPSA) is 49.4 Å². The van der Waals surface area contributed by atoms with Gasteiger partial charge < -0.3 is 5.32 Å². The van der Waals surface area contributed by atoms with Gasteiger partial charge in [0.05, 0.1) is 0 Å². The average Bonchev–Trinajstić information content (AvgIpc) is 3.17. The van der Waals surface area contributed by atoms with Gasteiger partial charge >= 0.3 is 0 Å². The Balaban J connectivity index is 1.86. The van der Waals surface area contributed by atoms with E-state index in [0.717, 1.165) is 31.2 Å². The van der Waals surface area contributed by atoms with E-state index >= 15 is 0 Å². The van der Waals surface area contributed by atoms with Crippen LogP contribution in [0.3, 0.4) is 0 Å². The first-order chi connectivity index (χ1) is 9.98. The van der Waals surface area contributed by atoms with Crippen LogP contribution in [-0.2, 0) is 16.6 Å². The SMILES string of the molecule is CC1CCCN1S(=O)(=O)c1cc(CNC2CC2)ccc1F. The predicted octanol–water partition coefficient (Wildman–Crippen LogP) is 2.25. The van der Waals surface area contributed by atoms with Crippen LogP contribution in [0.15, 0.2) is 23.1 Å². The van der Waals surface area contributed by atoms with Crippen molar-refractivity contribution in [3.63, 3.8) is 0 Å². The molecule has 6 heteroatoms. The smallest absolute Gasteiger partial charge is 0.246 e. The van der Waals surface area contributed by atoms with Crippen LogP contribution in [-0.4, -0.2) is 31.4 Å². The number of halogens is 1. The molecule has 0 spiro atoms. The predicted molar refractivity (Wildman–Crippen MR) is 78.8 cm³/mol. The summed E-state index contributed by atoms with van der Waals surface area (Å²) < 4.78 is 40.7. The molecule has 0 radical (unpaired) electrons. The fourth-order valence-electron chi connectivity index (χ4n) is 2.80. The van der Waals surface area contributed by atoms with Crippen LogP contribution in [0.5, 0.6) is 0 Å². The van der Waals surface area contributed by atoms with E-state index < -0.39 is 15.8 Å².